The second-order valence-electron chi connectivity index (χ2n) is 5.64. The van der Waals surface area contributed by atoms with Crippen molar-refractivity contribution in [2.75, 3.05) is 6.54 Å². The maximum absolute atomic E-state index is 11.9. The lowest BCUT2D eigenvalue weighted by Gasteiger charge is -2.27. The molecule has 6 nitrogen and oxygen atoms in total. The first-order chi connectivity index (χ1) is 11.1. The number of carbonyl (C=O) groups is 2. The van der Waals surface area contributed by atoms with Crippen LogP contribution in [0.1, 0.15) is 40.7 Å². The highest BCUT2D eigenvalue weighted by Gasteiger charge is 2.29. The molecule has 0 aliphatic carbocycles. The number of fused-ring (bicyclic) bond motifs is 1. The number of aromatic carboxylic acids is 1. The van der Waals surface area contributed by atoms with E-state index < -0.39 is 5.97 Å². The summed E-state index contributed by atoms with van der Waals surface area (Å²) in [6.45, 7) is 3.30. The molecule has 1 aliphatic heterocycles. The van der Waals surface area contributed by atoms with Crippen molar-refractivity contribution in [2.45, 2.75) is 32.9 Å². The molecule has 0 atom stereocenters. The van der Waals surface area contributed by atoms with Crippen LogP contribution < -0.4 is 0 Å². The summed E-state index contributed by atoms with van der Waals surface area (Å²) in [6, 6.07) is 9.82. The molecule has 1 amide bonds. The maximum Gasteiger partial charge on any atom is 0.356 e. The molecule has 0 spiro atoms. The number of benzene rings is 1. The van der Waals surface area contributed by atoms with E-state index in [4.69, 9.17) is 0 Å². The third-order valence-corrected chi connectivity index (χ3v) is 4.17. The van der Waals surface area contributed by atoms with Crippen molar-refractivity contribution in [3.63, 3.8) is 0 Å². The Hall–Kier alpha value is -2.63. The summed E-state index contributed by atoms with van der Waals surface area (Å²) < 4.78 is 1.77. The number of nitrogens with zero attached hydrogens (tertiary/aromatic N) is 3. The van der Waals surface area contributed by atoms with Crippen LogP contribution in [0.4, 0.5) is 0 Å². The van der Waals surface area contributed by atoms with Gasteiger partial charge in [0.05, 0.1) is 6.54 Å². The first-order valence-electron chi connectivity index (χ1n) is 7.73. The molecule has 0 saturated heterocycles. The average molecular weight is 313 g/mol. The van der Waals surface area contributed by atoms with Gasteiger partial charge in [0.25, 0.3) is 0 Å². The Labute approximate surface area is 134 Å². The molecule has 0 saturated carbocycles. The van der Waals surface area contributed by atoms with Gasteiger partial charge >= 0.3 is 5.97 Å². The Morgan fingerprint density at radius 3 is 2.65 bits per heavy atom. The number of amides is 1. The second kappa shape index (κ2) is 6.24. The number of rotatable bonds is 4. The van der Waals surface area contributed by atoms with Gasteiger partial charge in [-0.25, -0.2) is 4.79 Å². The topological polar surface area (TPSA) is 75.4 Å². The van der Waals surface area contributed by atoms with Gasteiger partial charge in [0, 0.05) is 37.2 Å². The van der Waals surface area contributed by atoms with E-state index in [1.807, 2.05) is 37.3 Å². The zero-order valence-electron chi connectivity index (χ0n) is 13.0. The van der Waals surface area contributed by atoms with E-state index in [1.165, 1.54) is 0 Å². The van der Waals surface area contributed by atoms with Gasteiger partial charge in [-0.2, -0.15) is 5.10 Å². The van der Waals surface area contributed by atoms with Crippen molar-refractivity contribution < 1.29 is 14.7 Å². The molecule has 0 bridgehead atoms. The fraction of sp³-hybridized carbons (Fsp3) is 0.353. The second-order valence-corrected chi connectivity index (χ2v) is 5.64. The van der Waals surface area contributed by atoms with E-state index in [2.05, 4.69) is 5.10 Å². The molecule has 1 aliphatic rings. The summed E-state index contributed by atoms with van der Waals surface area (Å²) >= 11 is 0. The summed E-state index contributed by atoms with van der Waals surface area (Å²) in [6.07, 6.45) is 1.06. The average Bonchev–Trinajstić information content (AvgIpc) is 2.93. The van der Waals surface area contributed by atoms with Crippen LogP contribution in [0.25, 0.3) is 0 Å². The minimum absolute atomic E-state index is 0.0443. The summed E-state index contributed by atoms with van der Waals surface area (Å²) in [7, 11) is 0. The van der Waals surface area contributed by atoms with Crippen molar-refractivity contribution in [1.82, 2.24) is 14.7 Å². The van der Waals surface area contributed by atoms with Gasteiger partial charge in [-0.05, 0) is 5.56 Å². The molecule has 0 unspecified atom stereocenters. The SMILES string of the molecule is CCC(=O)N1CCc2c(c(C(=O)O)nn2Cc2ccccc2)C1. The number of hydrogen-bond acceptors (Lipinski definition) is 3. The quantitative estimate of drug-likeness (QED) is 0.936. The summed E-state index contributed by atoms with van der Waals surface area (Å²) in [5, 5.41) is 13.7. The molecule has 0 radical (unpaired) electrons. The normalized spacial score (nSPS) is 13.7. The molecular formula is C17H19N3O3. The molecule has 120 valence electrons. The smallest absolute Gasteiger partial charge is 0.356 e. The van der Waals surface area contributed by atoms with Gasteiger partial charge in [-0.3, -0.25) is 9.48 Å². The van der Waals surface area contributed by atoms with Crippen LogP contribution >= 0.6 is 0 Å². The van der Waals surface area contributed by atoms with Gasteiger partial charge in [-0.1, -0.05) is 37.3 Å². The fourth-order valence-electron chi connectivity index (χ4n) is 2.99. The van der Waals surface area contributed by atoms with Crippen molar-refractivity contribution in [3.8, 4) is 0 Å². The summed E-state index contributed by atoms with van der Waals surface area (Å²) in [4.78, 5) is 25.1. The first-order valence-corrected chi connectivity index (χ1v) is 7.73. The number of carboxylic acids is 1. The van der Waals surface area contributed by atoms with Crippen LogP contribution in [-0.4, -0.2) is 38.2 Å². The van der Waals surface area contributed by atoms with Crippen LogP contribution in [0.5, 0.6) is 0 Å². The van der Waals surface area contributed by atoms with Gasteiger partial charge in [0.1, 0.15) is 0 Å². The third-order valence-electron chi connectivity index (χ3n) is 4.17. The number of hydrogen-bond donors (Lipinski definition) is 1. The lowest BCUT2D eigenvalue weighted by molar-refractivity contribution is -0.131. The van der Waals surface area contributed by atoms with E-state index in [0.717, 1.165) is 11.3 Å². The zero-order valence-corrected chi connectivity index (χ0v) is 13.0. The molecule has 3 rings (SSSR count). The molecule has 2 heterocycles. The van der Waals surface area contributed by atoms with E-state index in [-0.39, 0.29) is 11.6 Å². The van der Waals surface area contributed by atoms with Crippen LogP contribution in [0.3, 0.4) is 0 Å². The molecule has 1 aromatic heterocycles. The lowest BCUT2D eigenvalue weighted by Crippen LogP contribution is -2.36. The number of aromatic nitrogens is 2. The monoisotopic (exact) mass is 313 g/mol. The number of carboxylic acid groups (broad SMARTS) is 1. The predicted molar refractivity (Wildman–Crippen MR) is 84.1 cm³/mol. The molecule has 2 aromatic rings. The van der Waals surface area contributed by atoms with Crippen molar-refractivity contribution >= 4 is 11.9 Å². The van der Waals surface area contributed by atoms with Crippen molar-refractivity contribution in [2.24, 2.45) is 0 Å². The number of carbonyl (C=O) groups excluding carboxylic acids is 1. The van der Waals surface area contributed by atoms with E-state index in [1.54, 1.807) is 9.58 Å². The Morgan fingerprint density at radius 1 is 1.26 bits per heavy atom. The third kappa shape index (κ3) is 2.97. The van der Waals surface area contributed by atoms with Crippen LogP contribution in [0.15, 0.2) is 30.3 Å². The molecule has 6 heteroatoms. The molecule has 1 N–H and O–H groups in total. The van der Waals surface area contributed by atoms with Gasteiger partial charge < -0.3 is 10.0 Å². The van der Waals surface area contributed by atoms with Gasteiger partial charge in [0.2, 0.25) is 5.91 Å². The largest absolute Gasteiger partial charge is 0.476 e. The summed E-state index contributed by atoms with van der Waals surface area (Å²) in [5.41, 5.74) is 2.72. The summed E-state index contributed by atoms with van der Waals surface area (Å²) in [5.74, 6) is -0.998. The molecule has 1 aromatic carbocycles. The zero-order chi connectivity index (χ0) is 16.4. The first kappa shape index (κ1) is 15.3. The van der Waals surface area contributed by atoms with Gasteiger partial charge in [0.15, 0.2) is 5.69 Å². The van der Waals surface area contributed by atoms with Crippen LogP contribution in [0, 0.1) is 0 Å². The van der Waals surface area contributed by atoms with E-state index >= 15 is 0 Å². The Balaban J connectivity index is 1.95. The maximum atomic E-state index is 11.9. The minimum atomic E-state index is -1.04. The Morgan fingerprint density at radius 2 is 2.00 bits per heavy atom. The minimum Gasteiger partial charge on any atom is -0.476 e. The highest BCUT2D eigenvalue weighted by molar-refractivity contribution is 5.88. The lowest BCUT2D eigenvalue weighted by atomic mass is 10.0. The predicted octanol–water partition coefficient (Wildman–Crippen LogP) is 1.92. The van der Waals surface area contributed by atoms with Crippen LogP contribution in [-0.2, 0) is 24.3 Å². The van der Waals surface area contributed by atoms with E-state index in [0.29, 0.717) is 38.0 Å². The molecule has 23 heavy (non-hydrogen) atoms. The highest BCUT2D eigenvalue weighted by Crippen LogP contribution is 2.24. The highest BCUT2D eigenvalue weighted by atomic mass is 16.4. The van der Waals surface area contributed by atoms with Crippen LogP contribution in [0.2, 0.25) is 0 Å². The van der Waals surface area contributed by atoms with Crippen molar-refractivity contribution in [3.05, 3.63) is 52.8 Å². The molecule has 0 fully saturated rings. The van der Waals surface area contributed by atoms with Crippen molar-refractivity contribution in [1.29, 1.82) is 0 Å². The molecular weight excluding hydrogens is 294 g/mol. The van der Waals surface area contributed by atoms with Gasteiger partial charge in [-0.15, -0.1) is 0 Å². The fourth-order valence-corrected chi connectivity index (χ4v) is 2.99. The standard InChI is InChI=1S/C17H19N3O3/c1-2-15(21)19-9-8-14-13(11-19)16(17(22)23)18-20(14)10-12-6-4-3-5-7-12/h3-7H,2,8-11H2,1H3,(H,22,23). The Bertz CT molecular complexity index is 737. The Kier molecular flexibility index (Phi) is 4.14. The van der Waals surface area contributed by atoms with E-state index in [9.17, 15) is 14.7 Å².